The summed E-state index contributed by atoms with van der Waals surface area (Å²) in [6.07, 6.45) is 3.03. The van der Waals surface area contributed by atoms with Crippen molar-refractivity contribution in [2.24, 2.45) is 0 Å². The number of carbonyl (C=O) groups excluding carboxylic acids is 1. The van der Waals surface area contributed by atoms with E-state index in [1.165, 1.54) is 12.1 Å². The molecule has 2 aromatic carbocycles. The first-order valence-electron chi connectivity index (χ1n) is 6.14. The molecule has 1 aliphatic rings. The summed E-state index contributed by atoms with van der Waals surface area (Å²) >= 11 is 0. The number of halogens is 1. The van der Waals surface area contributed by atoms with E-state index < -0.39 is 0 Å². The standard InChI is InChI=1S/C15H13FO2/c16-14-9-8-13(11-6-1-2-7-12(11)14)15(17)18-10-4-3-5-10/h1-2,6-10H,3-5H2. The molecule has 0 spiro atoms. The van der Waals surface area contributed by atoms with Crippen LogP contribution in [-0.4, -0.2) is 12.1 Å². The van der Waals surface area contributed by atoms with Gasteiger partial charge in [-0.05, 0) is 36.8 Å². The Morgan fingerprint density at radius 3 is 2.50 bits per heavy atom. The van der Waals surface area contributed by atoms with E-state index in [1.54, 1.807) is 24.3 Å². The molecular formula is C15H13FO2. The molecule has 0 amide bonds. The van der Waals surface area contributed by atoms with Crippen LogP contribution in [0.25, 0.3) is 10.8 Å². The average Bonchev–Trinajstić information content (AvgIpc) is 2.34. The lowest BCUT2D eigenvalue weighted by Gasteiger charge is -2.25. The van der Waals surface area contributed by atoms with Crippen LogP contribution in [0.5, 0.6) is 0 Å². The second-order valence-corrected chi connectivity index (χ2v) is 4.60. The lowest BCUT2D eigenvalue weighted by atomic mass is 9.96. The molecule has 2 nitrogen and oxygen atoms in total. The SMILES string of the molecule is O=C(OC1CCC1)c1ccc(F)c2ccccc12. The van der Waals surface area contributed by atoms with Gasteiger partial charge in [0.15, 0.2) is 0 Å². The first kappa shape index (κ1) is 11.2. The zero-order chi connectivity index (χ0) is 12.5. The van der Waals surface area contributed by atoms with Crippen molar-refractivity contribution in [3.63, 3.8) is 0 Å². The minimum atomic E-state index is -0.351. The van der Waals surface area contributed by atoms with Crippen LogP contribution in [0.3, 0.4) is 0 Å². The molecule has 0 aliphatic heterocycles. The summed E-state index contributed by atoms with van der Waals surface area (Å²) in [5.41, 5.74) is 0.443. The van der Waals surface area contributed by atoms with Crippen molar-refractivity contribution in [3.8, 4) is 0 Å². The lowest BCUT2D eigenvalue weighted by Crippen LogP contribution is -2.25. The largest absolute Gasteiger partial charge is 0.459 e. The molecule has 1 aliphatic carbocycles. The number of ether oxygens (including phenoxy) is 1. The Kier molecular flexibility index (Phi) is 2.74. The summed E-state index contributed by atoms with van der Waals surface area (Å²) in [5, 5.41) is 1.07. The Morgan fingerprint density at radius 1 is 1.11 bits per heavy atom. The molecule has 3 rings (SSSR count). The minimum absolute atomic E-state index is 0.0429. The molecule has 0 bridgehead atoms. The fourth-order valence-electron chi connectivity index (χ4n) is 2.14. The van der Waals surface area contributed by atoms with Crippen LogP contribution < -0.4 is 0 Å². The van der Waals surface area contributed by atoms with E-state index in [0.717, 1.165) is 19.3 Å². The van der Waals surface area contributed by atoms with E-state index in [0.29, 0.717) is 16.3 Å². The number of rotatable bonds is 2. The minimum Gasteiger partial charge on any atom is -0.459 e. The molecule has 3 heteroatoms. The van der Waals surface area contributed by atoms with Gasteiger partial charge >= 0.3 is 5.97 Å². The molecule has 1 fully saturated rings. The van der Waals surface area contributed by atoms with E-state index in [2.05, 4.69) is 0 Å². The second kappa shape index (κ2) is 4.41. The number of hydrogen-bond acceptors (Lipinski definition) is 2. The predicted octanol–water partition coefficient (Wildman–Crippen LogP) is 3.69. The van der Waals surface area contributed by atoms with Crippen molar-refractivity contribution >= 4 is 16.7 Å². The van der Waals surface area contributed by atoms with Crippen molar-refractivity contribution < 1.29 is 13.9 Å². The molecule has 0 atom stereocenters. The predicted molar refractivity (Wildman–Crippen MR) is 67.0 cm³/mol. The summed E-state index contributed by atoms with van der Waals surface area (Å²) in [4.78, 5) is 12.0. The number of hydrogen-bond donors (Lipinski definition) is 0. The van der Waals surface area contributed by atoms with Crippen molar-refractivity contribution in [1.29, 1.82) is 0 Å². The maximum absolute atomic E-state index is 13.6. The van der Waals surface area contributed by atoms with Gasteiger partial charge in [-0.1, -0.05) is 24.3 Å². The zero-order valence-electron chi connectivity index (χ0n) is 9.86. The van der Waals surface area contributed by atoms with Crippen molar-refractivity contribution in [2.75, 3.05) is 0 Å². The van der Waals surface area contributed by atoms with Gasteiger partial charge in [-0.15, -0.1) is 0 Å². The molecule has 0 aromatic heterocycles. The number of esters is 1. The van der Waals surface area contributed by atoms with E-state index in [-0.39, 0.29) is 17.9 Å². The highest BCUT2D eigenvalue weighted by Crippen LogP contribution is 2.26. The van der Waals surface area contributed by atoms with Gasteiger partial charge in [0.05, 0.1) is 5.56 Å². The third kappa shape index (κ3) is 1.86. The van der Waals surface area contributed by atoms with E-state index in [9.17, 15) is 9.18 Å². The van der Waals surface area contributed by atoms with Gasteiger partial charge in [0.1, 0.15) is 11.9 Å². The Balaban J connectivity index is 2.00. The Labute approximate surface area is 104 Å². The van der Waals surface area contributed by atoms with Gasteiger partial charge in [0.25, 0.3) is 0 Å². The van der Waals surface area contributed by atoms with E-state index in [4.69, 9.17) is 4.74 Å². The fraction of sp³-hybridized carbons (Fsp3) is 0.267. The fourth-order valence-corrected chi connectivity index (χ4v) is 2.14. The maximum Gasteiger partial charge on any atom is 0.339 e. The smallest absolute Gasteiger partial charge is 0.339 e. The van der Waals surface area contributed by atoms with Crippen LogP contribution >= 0.6 is 0 Å². The van der Waals surface area contributed by atoms with Gasteiger partial charge in [0.2, 0.25) is 0 Å². The highest BCUT2D eigenvalue weighted by Gasteiger charge is 2.23. The summed E-state index contributed by atoms with van der Waals surface area (Å²) < 4.78 is 19.0. The molecule has 2 aromatic rings. The van der Waals surface area contributed by atoms with Crippen LogP contribution in [0.4, 0.5) is 4.39 Å². The van der Waals surface area contributed by atoms with E-state index in [1.807, 2.05) is 0 Å². The van der Waals surface area contributed by atoms with E-state index >= 15 is 0 Å². The van der Waals surface area contributed by atoms with Crippen LogP contribution in [0.2, 0.25) is 0 Å². The summed E-state index contributed by atoms with van der Waals surface area (Å²) in [6, 6.07) is 9.79. The first-order valence-corrected chi connectivity index (χ1v) is 6.14. The molecule has 0 radical (unpaired) electrons. The molecule has 0 unspecified atom stereocenters. The zero-order valence-corrected chi connectivity index (χ0v) is 9.86. The van der Waals surface area contributed by atoms with Gasteiger partial charge < -0.3 is 4.74 Å². The third-order valence-electron chi connectivity index (χ3n) is 3.42. The van der Waals surface area contributed by atoms with Crippen LogP contribution in [0.15, 0.2) is 36.4 Å². The number of benzene rings is 2. The maximum atomic E-state index is 13.6. The molecule has 1 saturated carbocycles. The molecule has 0 saturated heterocycles. The highest BCUT2D eigenvalue weighted by molar-refractivity contribution is 6.04. The molecule has 0 N–H and O–H groups in total. The van der Waals surface area contributed by atoms with Gasteiger partial charge in [-0.3, -0.25) is 0 Å². The highest BCUT2D eigenvalue weighted by atomic mass is 19.1. The Bertz CT molecular complexity index is 602. The summed E-state index contributed by atoms with van der Waals surface area (Å²) in [6.45, 7) is 0. The normalized spacial score (nSPS) is 15.4. The quantitative estimate of drug-likeness (QED) is 0.753. The summed E-state index contributed by atoms with van der Waals surface area (Å²) in [7, 11) is 0. The van der Waals surface area contributed by atoms with Crippen molar-refractivity contribution in [3.05, 3.63) is 47.8 Å². The molecule has 18 heavy (non-hydrogen) atoms. The third-order valence-corrected chi connectivity index (χ3v) is 3.42. The van der Waals surface area contributed by atoms with Crippen LogP contribution in [0.1, 0.15) is 29.6 Å². The Hall–Kier alpha value is -1.90. The summed E-state index contributed by atoms with van der Waals surface area (Å²) in [5.74, 6) is -0.665. The average molecular weight is 244 g/mol. The topological polar surface area (TPSA) is 26.3 Å². The first-order chi connectivity index (χ1) is 8.75. The van der Waals surface area contributed by atoms with Crippen molar-refractivity contribution in [2.45, 2.75) is 25.4 Å². The second-order valence-electron chi connectivity index (χ2n) is 4.60. The van der Waals surface area contributed by atoms with Gasteiger partial charge in [-0.2, -0.15) is 0 Å². The molecular weight excluding hydrogens is 231 g/mol. The Morgan fingerprint density at radius 2 is 1.83 bits per heavy atom. The van der Waals surface area contributed by atoms with Gasteiger partial charge in [-0.25, -0.2) is 9.18 Å². The molecule has 0 heterocycles. The lowest BCUT2D eigenvalue weighted by molar-refractivity contribution is 0.00923. The number of carbonyl (C=O) groups is 1. The van der Waals surface area contributed by atoms with Crippen LogP contribution in [0, 0.1) is 5.82 Å². The van der Waals surface area contributed by atoms with Gasteiger partial charge in [0, 0.05) is 5.39 Å². The van der Waals surface area contributed by atoms with Crippen molar-refractivity contribution in [1.82, 2.24) is 0 Å². The number of fused-ring (bicyclic) bond motifs is 1. The monoisotopic (exact) mass is 244 g/mol. The molecule has 92 valence electrons. The van der Waals surface area contributed by atoms with Crippen LogP contribution in [-0.2, 0) is 4.74 Å².